The summed E-state index contributed by atoms with van der Waals surface area (Å²) in [4.78, 5) is 0. The smallest absolute Gasteiger partial charge is 0.0772 e. The Hall–Kier alpha value is -0.830. The largest absolute Gasteiger partial charge is 0.249 e. The first-order valence-electron chi connectivity index (χ1n) is 3.86. The van der Waals surface area contributed by atoms with E-state index in [0.717, 1.165) is 11.3 Å². The second-order valence-corrected chi connectivity index (χ2v) is 5.72. The van der Waals surface area contributed by atoms with Gasteiger partial charge in [0.05, 0.1) is 21.2 Å². The van der Waals surface area contributed by atoms with Gasteiger partial charge < -0.3 is 0 Å². The predicted molar refractivity (Wildman–Crippen MR) is 51.0 cm³/mol. The Balaban J connectivity index is 2.61. The van der Waals surface area contributed by atoms with Crippen LogP contribution in [0.15, 0.2) is 22.6 Å². The van der Waals surface area contributed by atoms with E-state index in [4.69, 9.17) is 0 Å². The SMILES string of the molecule is Cc1ccc2c(c1)CS(C)(=O)=N2. The molecule has 1 atom stereocenters. The molecule has 64 valence electrons. The fraction of sp³-hybridized carbons (Fsp3) is 0.333. The molecule has 0 N–H and O–H groups in total. The monoisotopic (exact) mass is 181 g/mol. The Morgan fingerprint density at radius 1 is 1.50 bits per heavy atom. The number of rotatable bonds is 0. The van der Waals surface area contributed by atoms with Crippen molar-refractivity contribution in [3.8, 4) is 0 Å². The fourth-order valence-electron chi connectivity index (χ4n) is 1.45. The molecule has 2 nitrogen and oxygen atoms in total. The molecule has 12 heavy (non-hydrogen) atoms. The maximum absolute atomic E-state index is 11.6. The lowest BCUT2D eigenvalue weighted by atomic mass is 10.1. The second kappa shape index (κ2) is 2.33. The first-order valence-corrected chi connectivity index (χ1v) is 5.95. The highest BCUT2D eigenvalue weighted by molar-refractivity contribution is 7.92. The van der Waals surface area contributed by atoms with Gasteiger partial charge in [-0.3, -0.25) is 0 Å². The van der Waals surface area contributed by atoms with Gasteiger partial charge in [0.1, 0.15) is 0 Å². The first kappa shape index (κ1) is 7.80. The average molecular weight is 181 g/mol. The van der Waals surface area contributed by atoms with Gasteiger partial charge in [-0.15, -0.1) is 0 Å². The van der Waals surface area contributed by atoms with Gasteiger partial charge in [-0.1, -0.05) is 17.7 Å². The van der Waals surface area contributed by atoms with E-state index in [9.17, 15) is 4.21 Å². The Labute approximate surface area is 72.8 Å². The van der Waals surface area contributed by atoms with Crippen LogP contribution in [0.2, 0.25) is 0 Å². The maximum atomic E-state index is 11.6. The molecule has 0 saturated carbocycles. The summed E-state index contributed by atoms with van der Waals surface area (Å²) in [6.45, 7) is 2.04. The van der Waals surface area contributed by atoms with Crippen molar-refractivity contribution in [2.24, 2.45) is 4.36 Å². The molecule has 1 aromatic carbocycles. The van der Waals surface area contributed by atoms with Gasteiger partial charge in [-0.2, -0.15) is 4.36 Å². The normalized spacial score (nSPS) is 26.5. The Morgan fingerprint density at radius 2 is 2.25 bits per heavy atom. The summed E-state index contributed by atoms with van der Waals surface area (Å²) in [6, 6.07) is 6.01. The third kappa shape index (κ3) is 1.25. The molecule has 0 fully saturated rings. The summed E-state index contributed by atoms with van der Waals surface area (Å²) in [5, 5.41) is 0. The van der Waals surface area contributed by atoms with Crippen molar-refractivity contribution < 1.29 is 4.21 Å². The van der Waals surface area contributed by atoms with Gasteiger partial charge in [0.25, 0.3) is 0 Å². The summed E-state index contributed by atoms with van der Waals surface area (Å²) in [6.07, 6.45) is 1.71. The van der Waals surface area contributed by atoms with Gasteiger partial charge >= 0.3 is 0 Å². The molecule has 1 heterocycles. The van der Waals surface area contributed by atoms with E-state index in [1.807, 2.05) is 19.1 Å². The summed E-state index contributed by atoms with van der Waals surface area (Å²) >= 11 is 0. The molecule has 1 aliphatic rings. The minimum absolute atomic E-state index is 0.615. The summed E-state index contributed by atoms with van der Waals surface area (Å²) in [5.74, 6) is 0.615. The lowest BCUT2D eigenvalue weighted by molar-refractivity contribution is 0.682. The van der Waals surface area contributed by atoms with Crippen molar-refractivity contribution in [3.05, 3.63) is 29.3 Å². The molecular weight excluding hydrogens is 170 g/mol. The molecule has 1 aliphatic heterocycles. The Morgan fingerprint density at radius 3 is 3.00 bits per heavy atom. The number of aryl methyl sites for hydroxylation is 1. The molecule has 0 saturated heterocycles. The van der Waals surface area contributed by atoms with Crippen LogP contribution in [0.4, 0.5) is 5.69 Å². The van der Waals surface area contributed by atoms with Crippen LogP contribution < -0.4 is 0 Å². The third-order valence-electron chi connectivity index (χ3n) is 1.95. The third-order valence-corrected chi connectivity index (χ3v) is 3.38. The van der Waals surface area contributed by atoms with E-state index in [2.05, 4.69) is 10.4 Å². The van der Waals surface area contributed by atoms with Gasteiger partial charge in [0.2, 0.25) is 0 Å². The van der Waals surface area contributed by atoms with Crippen LogP contribution >= 0.6 is 0 Å². The zero-order chi connectivity index (χ0) is 8.77. The molecule has 2 rings (SSSR count). The van der Waals surface area contributed by atoms with E-state index in [1.54, 1.807) is 6.26 Å². The van der Waals surface area contributed by atoms with Crippen molar-refractivity contribution in [2.75, 3.05) is 6.26 Å². The quantitative estimate of drug-likeness (QED) is 0.603. The molecule has 0 aliphatic carbocycles. The van der Waals surface area contributed by atoms with Crippen molar-refractivity contribution in [2.45, 2.75) is 12.7 Å². The molecule has 0 bridgehead atoms. The number of nitrogens with zero attached hydrogens (tertiary/aromatic N) is 1. The van der Waals surface area contributed by atoms with E-state index in [0.29, 0.717) is 5.75 Å². The first-order chi connectivity index (χ1) is 5.57. The van der Waals surface area contributed by atoms with Crippen molar-refractivity contribution in [1.29, 1.82) is 0 Å². The van der Waals surface area contributed by atoms with Gasteiger partial charge in [-0.25, -0.2) is 4.21 Å². The second-order valence-electron chi connectivity index (χ2n) is 3.33. The molecule has 3 heteroatoms. The zero-order valence-corrected chi connectivity index (χ0v) is 8.02. The molecule has 0 amide bonds. The van der Waals surface area contributed by atoms with Crippen LogP contribution in [0.5, 0.6) is 0 Å². The molecular formula is C9H11NOS. The van der Waals surface area contributed by atoms with E-state index < -0.39 is 9.73 Å². The van der Waals surface area contributed by atoms with Gasteiger partial charge in [0, 0.05) is 6.26 Å². The number of hydrogen-bond acceptors (Lipinski definition) is 2. The minimum Gasteiger partial charge on any atom is -0.249 e. The minimum atomic E-state index is -1.95. The van der Waals surface area contributed by atoms with Crippen LogP contribution in [-0.4, -0.2) is 10.5 Å². The van der Waals surface area contributed by atoms with E-state index in [-0.39, 0.29) is 0 Å². The average Bonchev–Trinajstić information content (AvgIpc) is 2.21. The lowest BCUT2D eigenvalue weighted by Gasteiger charge is -1.96. The molecule has 1 aromatic rings. The topological polar surface area (TPSA) is 29.4 Å². The summed E-state index contributed by atoms with van der Waals surface area (Å²) in [5.41, 5.74) is 3.25. The van der Waals surface area contributed by atoms with Crippen LogP contribution in [0, 0.1) is 6.92 Å². The molecule has 1 unspecified atom stereocenters. The van der Waals surface area contributed by atoms with Crippen LogP contribution in [0.25, 0.3) is 0 Å². The van der Waals surface area contributed by atoms with Crippen molar-refractivity contribution in [1.82, 2.24) is 0 Å². The maximum Gasteiger partial charge on any atom is 0.0772 e. The number of benzene rings is 1. The summed E-state index contributed by atoms with van der Waals surface area (Å²) < 4.78 is 15.7. The highest BCUT2D eigenvalue weighted by Gasteiger charge is 2.15. The lowest BCUT2D eigenvalue weighted by Crippen LogP contribution is -1.93. The number of hydrogen-bond donors (Lipinski definition) is 0. The molecule has 0 radical (unpaired) electrons. The standard InChI is InChI=1S/C9H11NOS/c1-7-3-4-9-8(5-7)6-12(2,11)10-9/h3-5H,6H2,1-2H3. The highest BCUT2D eigenvalue weighted by Crippen LogP contribution is 2.30. The fourth-order valence-corrected chi connectivity index (χ4v) is 2.91. The Bertz CT molecular complexity index is 442. The predicted octanol–water partition coefficient (Wildman–Crippen LogP) is 2.24. The molecule has 0 aromatic heterocycles. The van der Waals surface area contributed by atoms with Crippen molar-refractivity contribution >= 4 is 15.4 Å². The van der Waals surface area contributed by atoms with Gasteiger partial charge in [-0.05, 0) is 18.6 Å². The van der Waals surface area contributed by atoms with Gasteiger partial charge in [0.15, 0.2) is 0 Å². The van der Waals surface area contributed by atoms with Crippen LogP contribution in [0.3, 0.4) is 0 Å². The zero-order valence-electron chi connectivity index (χ0n) is 7.20. The van der Waals surface area contributed by atoms with Crippen LogP contribution in [0.1, 0.15) is 11.1 Å². The van der Waals surface area contributed by atoms with Crippen LogP contribution in [-0.2, 0) is 15.5 Å². The Kier molecular flexibility index (Phi) is 1.51. The highest BCUT2D eigenvalue weighted by atomic mass is 32.2. The van der Waals surface area contributed by atoms with E-state index in [1.165, 1.54) is 5.56 Å². The summed E-state index contributed by atoms with van der Waals surface area (Å²) in [7, 11) is -1.95. The van der Waals surface area contributed by atoms with Crippen molar-refractivity contribution in [3.63, 3.8) is 0 Å². The molecule has 0 spiro atoms. The van der Waals surface area contributed by atoms with E-state index >= 15 is 0 Å². The number of fused-ring (bicyclic) bond motifs is 1.